The van der Waals surface area contributed by atoms with E-state index in [1.165, 1.54) is 6.08 Å². The molecule has 0 saturated carbocycles. The lowest BCUT2D eigenvalue weighted by atomic mass is 10.0. The van der Waals surface area contributed by atoms with Gasteiger partial charge in [-0.05, 0) is 41.6 Å². The van der Waals surface area contributed by atoms with E-state index in [0.29, 0.717) is 13.2 Å². The molecule has 0 spiro atoms. The van der Waals surface area contributed by atoms with Crippen LogP contribution in [-0.2, 0) is 14.3 Å². The molecule has 0 aromatic heterocycles. The molecular weight excluding hydrogens is 350 g/mol. The van der Waals surface area contributed by atoms with Crippen LogP contribution in [0.4, 0.5) is 0 Å². The van der Waals surface area contributed by atoms with Crippen molar-refractivity contribution in [2.75, 3.05) is 13.2 Å². The first-order valence-electron chi connectivity index (χ1n) is 8.23. The van der Waals surface area contributed by atoms with E-state index >= 15 is 0 Å². The summed E-state index contributed by atoms with van der Waals surface area (Å²) in [6, 6.07) is 13.8. The standard InChI is InChI=1S/C19H21N3O3S/c1-2-25-13-12-18(24)21-22-19(26)20-17(23)11-10-15-8-5-7-14-6-3-4-9-16(14)15/h3-11H,2,12-13H2,1H3,(H,21,24)(H2,20,22,23,26)/b11-10+. The summed E-state index contributed by atoms with van der Waals surface area (Å²) in [7, 11) is 0. The molecule has 3 N–H and O–H groups in total. The summed E-state index contributed by atoms with van der Waals surface area (Å²) in [6.45, 7) is 2.74. The molecule has 0 heterocycles. The zero-order chi connectivity index (χ0) is 18.8. The molecule has 0 saturated heterocycles. The molecule has 136 valence electrons. The van der Waals surface area contributed by atoms with Crippen molar-refractivity contribution in [1.29, 1.82) is 0 Å². The van der Waals surface area contributed by atoms with Gasteiger partial charge < -0.3 is 4.74 Å². The van der Waals surface area contributed by atoms with E-state index in [2.05, 4.69) is 16.2 Å². The number of thiocarbonyl (C=S) groups is 1. The molecule has 0 unspecified atom stereocenters. The first kappa shape index (κ1) is 19.6. The van der Waals surface area contributed by atoms with Crippen LogP contribution in [0.2, 0.25) is 0 Å². The lowest BCUT2D eigenvalue weighted by Crippen LogP contribution is -2.48. The zero-order valence-corrected chi connectivity index (χ0v) is 15.3. The fraction of sp³-hybridized carbons (Fsp3) is 0.211. The molecule has 0 aliphatic rings. The van der Waals surface area contributed by atoms with Gasteiger partial charge in [0.15, 0.2) is 5.11 Å². The number of hydrogen-bond donors (Lipinski definition) is 3. The van der Waals surface area contributed by atoms with Crippen molar-refractivity contribution in [1.82, 2.24) is 16.2 Å². The van der Waals surface area contributed by atoms with Crippen molar-refractivity contribution in [3.05, 3.63) is 54.1 Å². The summed E-state index contributed by atoms with van der Waals surface area (Å²) in [5, 5.41) is 4.64. The van der Waals surface area contributed by atoms with Crippen molar-refractivity contribution in [3.8, 4) is 0 Å². The molecule has 0 aliphatic carbocycles. The number of carbonyl (C=O) groups is 2. The first-order chi connectivity index (χ1) is 12.6. The van der Waals surface area contributed by atoms with Crippen molar-refractivity contribution in [2.45, 2.75) is 13.3 Å². The Kier molecular flexibility index (Phi) is 7.73. The average molecular weight is 371 g/mol. The number of rotatable bonds is 6. The largest absolute Gasteiger partial charge is 0.381 e. The number of hydrazine groups is 1. The number of amides is 2. The highest BCUT2D eigenvalue weighted by atomic mass is 32.1. The van der Waals surface area contributed by atoms with Gasteiger partial charge in [-0.2, -0.15) is 0 Å². The summed E-state index contributed by atoms with van der Waals surface area (Å²) in [4.78, 5) is 23.5. The van der Waals surface area contributed by atoms with Gasteiger partial charge in [-0.3, -0.25) is 25.8 Å². The fourth-order valence-electron chi connectivity index (χ4n) is 2.24. The van der Waals surface area contributed by atoms with Crippen molar-refractivity contribution in [2.24, 2.45) is 0 Å². The highest BCUT2D eigenvalue weighted by Crippen LogP contribution is 2.19. The summed E-state index contributed by atoms with van der Waals surface area (Å²) in [6.07, 6.45) is 3.33. The van der Waals surface area contributed by atoms with Gasteiger partial charge in [0.1, 0.15) is 0 Å². The first-order valence-corrected chi connectivity index (χ1v) is 8.64. The molecule has 0 aliphatic heterocycles. The molecule has 2 amide bonds. The molecule has 2 aromatic rings. The zero-order valence-electron chi connectivity index (χ0n) is 14.5. The Morgan fingerprint density at radius 1 is 1.12 bits per heavy atom. The van der Waals surface area contributed by atoms with Gasteiger partial charge in [-0.1, -0.05) is 42.5 Å². The lowest BCUT2D eigenvalue weighted by molar-refractivity contribution is -0.123. The fourth-order valence-corrected chi connectivity index (χ4v) is 2.40. The molecule has 2 rings (SSSR count). The molecule has 26 heavy (non-hydrogen) atoms. The second-order valence-electron chi connectivity index (χ2n) is 5.34. The molecule has 0 fully saturated rings. The highest BCUT2D eigenvalue weighted by molar-refractivity contribution is 7.80. The third-order valence-electron chi connectivity index (χ3n) is 3.47. The topological polar surface area (TPSA) is 79.5 Å². The maximum Gasteiger partial charge on any atom is 0.250 e. The Hall–Kier alpha value is -2.77. The summed E-state index contributed by atoms with van der Waals surface area (Å²) in [5.41, 5.74) is 5.81. The minimum absolute atomic E-state index is 0.0160. The smallest absolute Gasteiger partial charge is 0.250 e. The van der Waals surface area contributed by atoms with E-state index in [9.17, 15) is 9.59 Å². The van der Waals surface area contributed by atoms with E-state index in [1.807, 2.05) is 49.4 Å². The van der Waals surface area contributed by atoms with E-state index in [4.69, 9.17) is 17.0 Å². The van der Waals surface area contributed by atoms with Crippen molar-refractivity contribution in [3.63, 3.8) is 0 Å². The Balaban J connectivity index is 1.83. The maximum absolute atomic E-state index is 12.0. The Morgan fingerprint density at radius 2 is 1.88 bits per heavy atom. The van der Waals surface area contributed by atoms with Crippen molar-refractivity contribution >= 4 is 46.0 Å². The highest BCUT2D eigenvalue weighted by Gasteiger charge is 2.04. The molecule has 7 heteroatoms. The van der Waals surface area contributed by atoms with Crippen LogP contribution in [0.3, 0.4) is 0 Å². The monoisotopic (exact) mass is 371 g/mol. The molecule has 0 bridgehead atoms. The van der Waals surface area contributed by atoms with Gasteiger partial charge >= 0.3 is 0 Å². The second-order valence-corrected chi connectivity index (χ2v) is 5.75. The second kappa shape index (κ2) is 10.3. The molecule has 6 nitrogen and oxygen atoms in total. The lowest BCUT2D eigenvalue weighted by Gasteiger charge is -2.09. The molecule has 0 atom stereocenters. The Bertz CT molecular complexity index is 815. The van der Waals surface area contributed by atoms with E-state index in [0.717, 1.165) is 16.3 Å². The van der Waals surface area contributed by atoms with Crippen LogP contribution in [0.15, 0.2) is 48.5 Å². The van der Waals surface area contributed by atoms with Gasteiger partial charge in [0.25, 0.3) is 0 Å². The average Bonchev–Trinajstić information content (AvgIpc) is 2.65. The van der Waals surface area contributed by atoms with Gasteiger partial charge in [0.05, 0.1) is 13.0 Å². The summed E-state index contributed by atoms with van der Waals surface area (Å²) < 4.78 is 5.08. The Labute approximate surface area is 157 Å². The number of nitrogens with one attached hydrogen (secondary N) is 3. The predicted molar refractivity (Wildman–Crippen MR) is 106 cm³/mol. The minimum Gasteiger partial charge on any atom is -0.381 e. The third kappa shape index (κ3) is 6.27. The number of benzene rings is 2. The number of fused-ring (bicyclic) bond motifs is 1. The van der Waals surface area contributed by atoms with Crippen LogP contribution < -0.4 is 16.2 Å². The summed E-state index contributed by atoms with van der Waals surface area (Å²) in [5.74, 6) is -0.666. The van der Waals surface area contributed by atoms with Crippen molar-refractivity contribution < 1.29 is 14.3 Å². The van der Waals surface area contributed by atoms with Gasteiger partial charge in [-0.15, -0.1) is 0 Å². The quantitative estimate of drug-likeness (QED) is 0.314. The van der Waals surface area contributed by atoms with E-state index < -0.39 is 0 Å². The van der Waals surface area contributed by atoms with Crippen LogP contribution in [0, 0.1) is 0 Å². The van der Waals surface area contributed by atoms with Crippen LogP contribution >= 0.6 is 12.2 Å². The van der Waals surface area contributed by atoms with E-state index in [-0.39, 0.29) is 23.3 Å². The number of ether oxygens (including phenoxy) is 1. The van der Waals surface area contributed by atoms with Crippen LogP contribution in [0.25, 0.3) is 16.8 Å². The molecular formula is C19H21N3O3S. The minimum atomic E-state index is -0.390. The predicted octanol–water partition coefficient (Wildman–Crippen LogP) is 2.30. The van der Waals surface area contributed by atoms with Crippen LogP contribution in [0.5, 0.6) is 0 Å². The van der Waals surface area contributed by atoms with Crippen LogP contribution in [0.1, 0.15) is 18.9 Å². The third-order valence-corrected chi connectivity index (χ3v) is 3.67. The van der Waals surface area contributed by atoms with Crippen LogP contribution in [-0.4, -0.2) is 30.1 Å². The normalized spacial score (nSPS) is 10.7. The molecule has 0 radical (unpaired) electrons. The molecule has 2 aromatic carbocycles. The Morgan fingerprint density at radius 3 is 2.69 bits per heavy atom. The summed E-state index contributed by atoms with van der Waals surface area (Å²) >= 11 is 4.97. The number of carbonyl (C=O) groups excluding carboxylic acids is 2. The SMILES string of the molecule is CCOCCC(=O)NNC(=S)NC(=O)/C=C/c1cccc2ccccc12. The van der Waals surface area contributed by atoms with Gasteiger partial charge in [0.2, 0.25) is 11.8 Å². The maximum atomic E-state index is 12.0. The number of hydrogen-bond acceptors (Lipinski definition) is 4. The van der Waals surface area contributed by atoms with Gasteiger partial charge in [0, 0.05) is 12.7 Å². The van der Waals surface area contributed by atoms with E-state index in [1.54, 1.807) is 6.08 Å². The van der Waals surface area contributed by atoms with Gasteiger partial charge in [-0.25, -0.2) is 0 Å².